The van der Waals surface area contributed by atoms with Crippen molar-refractivity contribution in [1.29, 1.82) is 0 Å². The second-order valence-electron chi connectivity index (χ2n) is 3.66. The Labute approximate surface area is 123 Å². The maximum Gasteiger partial charge on any atom is 0.170 e. The minimum absolute atomic E-state index is 0.00524. The van der Waals surface area contributed by atoms with Crippen LogP contribution in [0.3, 0.4) is 0 Å². The highest BCUT2D eigenvalue weighted by Crippen LogP contribution is 2.33. The van der Waals surface area contributed by atoms with Crippen molar-refractivity contribution in [1.82, 2.24) is 0 Å². The van der Waals surface area contributed by atoms with Crippen molar-refractivity contribution in [2.24, 2.45) is 10.9 Å². The number of hydrogen-bond acceptors (Lipinski definition) is 3. The molecular weight excluding hydrogens is 332 g/mol. The van der Waals surface area contributed by atoms with Crippen LogP contribution in [0.25, 0.3) is 0 Å². The summed E-state index contributed by atoms with van der Waals surface area (Å²) in [6.07, 6.45) is 0. The normalized spacial score (nSPS) is 11.4. The molecule has 2 aromatic carbocycles. The van der Waals surface area contributed by atoms with Crippen molar-refractivity contribution < 1.29 is 9.94 Å². The van der Waals surface area contributed by atoms with Crippen LogP contribution >= 0.6 is 27.5 Å². The molecule has 0 aliphatic rings. The fraction of sp³-hybridized carbons (Fsp3) is 0. The SMILES string of the molecule is NC(=NO)c1ccc(Oc2ccccc2Br)c(Cl)c1. The number of hydrogen-bond donors (Lipinski definition) is 2. The first-order chi connectivity index (χ1) is 9.11. The first-order valence-corrected chi connectivity index (χ1v) is 6.48. The second-order valence-corrected chi connectivity index (χ2v) is 4.92. The molecule has 0 saturated heterocycles. The summed E-state index contributed by atoms with van der Waals surface area (Å²) in [6, 6.07) is 12.3. The quantitative estimate of drug-likeness (QED) is 0.384. The summed E-state index contributed by atoms with van der Waals surface area (Å²) < 4.78 is 6.51. The Morgan fingerprint density at radius 2 is 1.95 bits per heavy atom. The van der Waals surface area contributed by atoms with Gasteiger partial charge in [0.1, 0.15) is 11.5 Å². The Morgan fingerprint density at radius 1 is 1.21 bits per heavy atom. The fourth-order valence-electron chi connectivity index (χ4n) is 1.45. The van der Waals surface area contributed by atoms with Gasteiger partial charge in [0.15, 0.2) is 5.84 Å². The molecule has 0 aliphatic carbocycles. The lowest BCUT2D eigenvalue weighted by Gasteiger charge is -2.10. The number of amidine groups is 1. The van der Waals surface area contributed by atoms with Gasteiger partial charge in [-0.1, -0.05) is 28.9 Å². The summed E-state index contributed by atoms with van der Waals surface area (Å²) in [5, 5.41) is 11.9. The number of ether oxygens (including phenoxy) is 1. The Hall–Kier alpha value is -1.72. The molecule has 3 N–H and O–H groups in total. The van der Waals surface area contributed by atoms with E-state index < -0.39 is 0 Å². The number of halogens is 2. The summed E-state index contributed by atoms with van der Waals surface area (Å²) in [4.78, 5) is 0. The molecule has 0 radical (unpaired) electrons. The van der Waals surface area contributed by atoms with E-state index in [2.05, 4.69) is 21.1 Å². The Kier molecular flexibility index (Phi) is 4.29. The third kappa shape index (κ3) is 3.19. The van der Waals surface area contributed by atoms with E-state index in [4.69, 9.17) is 27.3 Å². The van der Waals surface area contributed by atoms with Gasteiger partial charge in [-0.05, 0) is 46.3 Å². The molecule has 2 rings (SSSR count). The zero-order valence-corrected chi connectivity index (χ0v) is 12.0. The molecule has 98 valence electrons. The third-order valence-electron chi connectivity index (χ3n) is 2.39. The van der Waals surface area contributed by atoms with Crippen molar-refractivity contribution in [3.63, 3.8) is 0 Å². The molecule has 4 nitrogen and oxygen atoms in total. The van der Waals surface area contributed by atoms with Crippen LogP contribution in [-0.4, -0.2) is 11.0 Å². The molecule has 0 unspecified atom stereocenters. The third-order valence-corrected chi connectivity index (χ3v) is 3.34. The van der Waals surface area contributed by atoms with E-state index in [1.165, 1.54) is 0 Å². The summed E-state index contributed by atoms with van der Waals surface area (Å²) in [7, 11) is 0. The van der Waals surface area contributed by atoms with Gasteiger partial charge in [-0.2, -0.15) is 0 Å². The first-order valence-electron chi connectivity index (χ1n) is 5.31. The fourth-order valence-corrected chi connectivity index (χ4v) is 2.03. The lowest BCUT2D eigenvalue weighted by atomic mass is 10.2. The van der Waals surface area contributed by atoms with Crippen LogP contribution in [0.1, 0.15) is 5.56 Å². The van der Waals surface area contributed by atoms with Crippen LogP contribution < -0.4 is 10.5 Å². The standard InChI is InChI=1S/C13H10BrClN2O2/c14-9-3-1-2-4-11(9)19-12-6-5-8(7-10(12)15)13(16)17-18/h1-7,18H,(H2,16,17). The molecule has 2 aromatic rings. The average molecular weight is 342 g/mol. The second kappa shape index (κ2) is 5.95. The van der Waals surface area contributed by atoms with Gasteiger partial charge in [0, 0.05) is 5.56 Å². The molecule has 0 aliphatic heterocycles. The zero-order valence-electron chi connectivity index (χ0n) is 9.68. The van der Waals surface area contributed by atoms with Gasteiger partial charge in [-0.25, -0.2) is 0 Å². The molecule has 0 saturated carbocycles. The maximum absolute atomic E-state index is 8.60. The Bertz CT molecular complexity index is 632. The lowest BCUT2D eigenvalue weighted by Crippen LogP contribution is -2.12. The molecule has 6 heteroatoms. The summed E-state index contributed by atoms with van der Waals surface area (Å²) in [5.41, 5.74) is 6.00. The molecule has 0 atom stereocenters. The van der Waals surface area contributed by atoms with E-state index in [-0.39, 0.29) is 5.84 Å². The van der Waals surface area contributed by atoms with Gasteiger partial charge in [-0.15, -0.1) is 0 Å². The van der Waals surface area contributed by atoms with Gasteiger partial charge in [-0.3, -0.25) is 0 Å². The first kappa shape index (κ1) is 13.7. The molecule has 0 aromatic heterocycles. The molecule has 0 heterocycles. The van der Waals surface area contributed by atoms with Gasteiger partial charge < -0.3 is 15.7 Å². The minimum Gasteiger partial charge on any atom is -0.455 e. The highest BCUT2D eigenvalue weighted by Gasteiger charge is 2.08. The highest BCUT2D eigenvalue weighted by atomic mass is 79.9. The van der Waals surface area contributed by atoms with Gasteiger partial charge >= 0.3 is 0 Å². The van der Waals surface area contributed by atoms with Crippen LogP contribution in [0.5, 0.6) is 11.5 Å². The van der Waals surface area contributed by atoms with Crippen molar-refractivity contribution >= 4 is 33.4 Å². The molecule has 19 heavy (non-hydrogen) atoms. The topological polar surface area (TPSA) is 67.8 Å². The predicted octanol–water partition coefficient (Wildman–Crippen LogP) is 3.99. The summed E-state index contributed by atoms with van der Waals surface area (Å²) >= 11 is 9.49. The van der Waals surface area contributed by atoms with Crippen molar-refractivity contribution in [3.05, 3.63) is 57.5 Å². The van der Waals surface area contributed by atoms with Crippen LogP contribution in [0.2, 0.25) is 5.02 Å². The highest BCUT2D eigenvalue weighted by molar-refractivity contribution is 9.10. The van der Waals surface area contributed by atoms with E-state index in [1.807, 2.05) is 24.3 Å². The molecular formula is C13H10BrClN2O2. The smallest absolute Gasteiger partial charge is 0.170 e. The van der Waals surface area contributed by atoms with Gasteiger partial charge in [0.2, 0.25) is 0 Å². The molecule has 0 fully saturated rings. The predicted molar refractivity (Wildman–Crippen MR) is 78.2 cm³/mol. The number of oxime groups is 1. The van der Waals surface area contributed by atoms with Crippen LogP contribution in [0.4, 0.5) is 0 Å². The largest absolute Gasteiger partial charge is 0.455 e. The van der Waals surface area contributed by atoms with E-state index in [0.717, 1.165) is 4.47 Å². The summed E-state index contributed by atoms with van der Waals surface area (Å²) in [5.74, 6) is 1.14. The van der Waals surface area contributed by atoms with Crippen LogP contribution in [0, 0.1) is 0 Å². The number of para-hydroxylation sites is 1. The monoisotopic (exact) mass is 340 g/mol. The summed E-state index contributed by atoms with van der Waals surface area (Å²) in [6.45, 7) is 0. The van der Waals surface area contributed by atoms with Crippen molar-refractivity contribution in [2.75, 3.05) is 0 Å². The number of nitrogens with zero attached hydrogens (tertiary/aromatic N) is 1. The maximum atomic E-state index is 8.60. The number of rotatable bonds is 3. The Morgan fingerprint density at radius 3 is 2.58 bits per heavy atom. The van der Waals surface area contributed by atoms with Crippen LogP contribution in [-0.2, 0) is 0 Å². The number of benzene rings is 2. The van der Waals surface area contributed by atoms with E-state index >= 15 is 0 Å². The minimum atomic E-state index is -0.00524. The van der Waals surface area contributed by atoms with Gasteiger partial charge in [0.25, 0.3) is 0 Å². The lowest BCUT2D eigenvalue weighted by molar-refractivity contribution is 0.318. The molecule has 0 spiro atoms. The van der Waals surface area contributed by atoms with Crippen molar-refractivity contribution in [3.8, 4) is 11.5 Å². The molecule has 0 bridgehead atoms. The van der Waals surface area contributed by atoms with Gasteiger partial charge in [0.05, 0.1) is 9.50 Å². The Balaban J connectivity index is 2.30. The number of nitrogens with two attached hydrogens (primary N) is 1. The van der Waals surface area contributed by atoms with Crippen molar-refractivity contribution in [2.45, 2.75) is 0 Å². The van der Waals surface area contributed by atoms with Crippen LogP contribution in [0.15, 0.2) is 52.1 Å². The molecule has 0 amide bonds. The van der Waals surface area contributed by atoms with E-state index in [1.54, 1.807) is 18.2 Å². The zero-order chi connectivity index (χ0) is 13.8. The van der Waals surface area contributed by atoms with E-state index in [9.17, 15) is 0 Å². The average Bonchev–Trinajstić information content (AvgIpc) is 2.42. The van der Waals surface area contributed by atoms with E-state index in [0.29, 0.717) is 22.1 Å².